The number of carboxylic acids is 1. The van der Waals surface area contributed by atoms with Crippen molar-refractivity contribution in [3.05, 3.63) is 19.8 Å². The fraction of sp³-hybridized carbons (Fsp3) is 0.545. The normalized spacial score (nSPS) is 21.1. The Morgan fingerprint density at radius 1 is 1.67 bits per heavy atom. The van der Waals surface area contributed by atoms with Gasteiger partial charge in [0.2, 0.25) is 0 Å². The number of aliphatic carboxylic acids is 1. The maximum Gasteiger partial charge on any atom is 0.304 e. The summed E-state index contributed by atoms with van der Waals surface area (Å²) in [6, 6.07) is 2.15. The van der Waals surface area contributed by atoms with Crippen molar-refractivity contribution >= 4 is 56.6 Å². The van der Waals surface area contributed by atoms with Gasteiger partial charge >= 0.3 is 5.97 Å². The van der Waals surface area contributed by atoms with Crippen LogP contribution < -0.4 is 0 Å². The van der Waals surface area contributed by atoms with Gasteiger partial charge in [-0.05, 0) is 22.0 Å². The molecule has 18 heavy (non-hydrogen) atoms. The zero-order valence-corrected chi connectivity index (χ0v) is 13.5. The number of halogens is 2. The summed E-state index contributed by atoms with van der Waals surface area (Å²) in [4.78, 5) is 14.3. The van der Waals surface area contributed by atoms with E-state index in [4.69, 9.17) is 16.7 Å². The standard InChI is InChI=1S/C11H13BrClNO2S2/c12-9-4-8(18-11(9)13)5-14-1-2-17-6-7(14)3-10(15)16/h4,7H,1-3,5-6H2,(H,15,16). The van der Waals surface area contributed by atoms with Crippen molar-refractivity contribution in [1.29, 1.82) is 0 Å². The fourth-order valence-corrected chi connectivity index (χ4v) is 4.90. The van der Waals surface area contributed by atoms with E-state index < -0.39 is 5.97 Å². The first-order valence-corrected chi connectivity index (χ1v) is 8.68. The molecule has 3 nitrogen and oxygen atoms in total. The highest BCUT2D eigenvalue weighted by molar-refractivity contribution is 9.10. The minimum atomic E-state index is -0.724. The van der Waals surface area contributed by atoms with E-state index in [9.17, 15) is 4.79 Å². The molecule has 7 heteroatoms. The van der Waals surface area contributed by atoms with Crippen LogP contribution in [0.3, 0.4) is 0 Å². The second-order valence-corrected chi connectivity index (χ2v) is 7.87. The molecule has 100 valence electrons. The van der Waals surface area contributed by atoms with Crippen LogP contribution in [0.5, 0.6) is 0 Å². The minimum absolute atomic E-state index is 0.126. The molecule has 1 aliphatic rings. The van der Waals surface area contributed by atoms with Gasteiger partial charge in [0.15, 0.2) is 0 Å². The van der Waals surface area contributed by atoms with Crippen LogP contribution in [0.1, 0.15) is 11.3 Å². The van der Waals surface area contributed by atoms with Gasteiger partial charge in [0.25, 0.3) is 0 Å². The molecule has 0 aliphatic carbocycles. The maximum absolute atomic E-state index is 10.9. The Bertz CT molecular complexity index is 421. The lowest BCUT2D eigenvalue weighted by Gasteiger charge is -2.34. The second-order valence-electron chi connectivity index (χ2n) is 4.13. The molecule has 0 radical (unpaired) electrons. The minimum Gasteiger partial charge on any atom is -0.481 e. The van der Waals surface area contributed by atoms with Crippen LogP contribution in [0.2, 0.25) is 4.34 Å². The van der Waals surface area contributed by atoms with Gasteiger partial charge in [-0.25, -0.2) is 0 Å². The Hall–Kier alpha value is 0.250. The molecular weight excluding hydrogens is 358 g/mol. The third kappa shape index (κ3) is 3.87. The number of rotatable bonds is 4. The topological polar surface area (TPSA) is 40.5 Å². The quantitative estimate of drug-likeness (QED) is 0.880. The van der Waals surface area contributed by atoms with Crippen molar-refractivity contribution < 1.29 is 9.90 Å². The molecule has 0 saturated carbocycles. The van der Waals surface area contributed by atoms with Crippen LogP contribution >= 0.6 is 50.6 Å². The zero-order valence-electron chi connectivity index (χ0n) is 9.57. The SMILES string of the molecule is O=C(O)CC1CSCCN1Cc1cc(Br)c(Cl)s1. The van der Waals surface area contributed by atoms with Crippen molar-refractivity contribution in [2.24, 2.45) is 0 Å². The molecule has 0 bridgehead atoms. The largest absolute Gasteiger partial charge is 0.481 e. The van der Waals surface area contributed by atoms with Crippen molar-refractivity contribution in [2.45, 2.75) is 19.0 Å². The van der Waals surface area contributed by atoms with Gasteiger partial charge in [0, 0.05) is 40.0 Å². The van der Waals surface area contributed by atoms with E-state index in [-0.39, 0.29) is 12.5 Å². The number of hydrogen-bond donors (Lipinski definition) is 1. The number of thioether (sulfide) groups is 1. The highest BCUT2D eigenvalue weighted by atomic mass is 79.9. The first-order valence-electron chi connectivity index (χ1n) is 5.53. The van der Waals surface area contributed by atoms with Crippen molar-refractivity contribution in [3.8, 4) is 0 Å². The molecule has 1 unspecified atom stereocenters. The smallest absolute Gasteiger partial charge is 0.304 e. The van der Waals surface area contributed by atoms with Crippen LogP contribution in [0.15, 0.2) is 10.5 Å². The molecule has 0 amide bonds. The van der Waals surface area contributed by atoms with Gasteiger partial charge in [-0.3, -0.25) is 9.69 Å². The number of hydrogen-bond acceptors (Lipinski definition) is 4. The van der Waals surface area contributed by atoms with Gasteiger partial charge in [0.1, 0.15) is 4.34 Å². The van der Waals surface area contributed by atoms with Crippen LogP contribution in [0, 0.1) is 0 Å². The highest BCUT2D eigenvalue weighted by Gasteiger charge is 2.25. The molecule has 1 aromatic heterocycles. The number of carboxylic acid groups (broad SMARTS) is 1. The van der Waals surface area contributed by atoms with Crippen molar-refractivity contribution in [1.82, 2.24) is 4.90 Å². The van der Waals surface area contributed by atoms with Gasteiger partial charge in [-0.15, -0.1) is 11.3 Å². The average Bonchev–Trinajstić information content (AvgIpc) is 2.60. The van der Waals surface area contributed by atoms with E-state index in [0.717, 1.165) is 33.4 Å². The Morgan fingerprint density at radius 3 is 3.06 bits per heavy atom. The summed E-state index contributed by atoms with van der Waals surface area (Å²) in [7, 11) is 0. The molecule has 0 aromatic carbocycles. The molecule has 0 spiro atoms. The number of thiophene rings is 1. The molecule has 1 atom stereocenters. The lowest BCUT2D eigenvalue weighted by Crippen LogP contribution is -2.42. The maximum atomic E-state index is 10.9. The van der Waals surface area contributed by atoms with Crippen LogP contribution in [-0.2, 0) is 11.3 Å². The van der Waals surface area contributed by atoms with E-state index in [0.29, 0.717) is 0 Å². The van der Waals surface area contributed by atoms with Gasteiger partial charge in [-0.2, -0.15) is 11.8 Å². The summed E-state index contributed by atoms with van der Waals surface area (Å²) in [5.74, 6) is 1.24. The van der Waals surface area contributed by atoms with Crippen LogP contribution in [0.4, 0.5) is 0 Å². The molecule has 2 heterocycles. The van der Waals surface area contributed by atoms with E-state index in [1.165, 1.54) is 4.88 Å². The zero-order chi connectivity index (χ0) is 13.1. The number of nitrogens with zero attached hydrogens (tertiary/aromatic N) is 1. The lowest BCUT2D eigenvalue weighted by molar-refractivity contribution is -0.138. The molecule has 1 fully saturated rings. The third-order valence-corrected chi connectivity index (χ3v) is 6.37. The van der Waals surface area contributed by atoms with Crippen molar-refractivity contribution in [3.63, 3.8) is 0 Å². The monoisotopic (exact) mass is 369 g/mol. The molecular formula is C11H13BrClNO2S2. The summed E-state index contributed by atoms with van der Waals surface area (Å²) in [6.45, 7) is 1.73. The lowest BCUT2D eigenvalue weighted by atomic mass is 10.2. The van der Waals surface area contributed by atoms with Gasteiger partial charge in [-0.1, -0.05) is 11.6 Å². The summed E-state index contributed by atoms with van der Waals surface area (Å²) < 4.78 is 1.68. The van der Waals surface area contributed by atoms with Crippen LogP contribution in [-0.4, -0.2) is 40.1 Å². The molecule has 1 N–H and O–H groups in total. The predicted octanol–water partition coefficient (Wildman–Crippen LogP) is 3.56. The Kier molecular flexibility index (Phi) is 5.38. The predicted molar refractivity (Wildman–Crippen MR) is 80.8 cm³/mol. The summed E-state index contributed by atoms with van der Waals surface area (Å²) in [6.07, 6.45) is 0.216. The second kappa shape index (κ2) is 6.61. The molecule has 1 aromatic rings. The van der Waals surface area contributed by atoms with E-state index in [1.54, 1.807) is 11.3 Å². The Balaban J connectivity index is 2.02. The first kappa shape index (κ1) is 14.7. The Morgan fingerprint density at radius 2 is 2.44 bits per heavy atom. The first-order chi connectivity index (χ1) is 8.56. The highest BCUT2D eigenvalue weighted by Crippen LogP contribution is 2.33. The summed E-state index contributed by atoms with van der Waals surface area (Å²) >= 11 is 12.8. The molecule has 1 aliphatic heterocycles. The molecule has 1 saturated heterocycles. The van der Waals surface area contributed by atoms with E-state index >= 15 is 0 Å². The van der Waals surface area contributed by atoms with Crippen LogP contribution in [0.25, 0.3) is 0 Å². The van der Waals surface area contributed by atoms with E-state index in [1.807, 2.05) is 17.8 Å². The van der Waals surface area contributed by atoms with Crippen molar-refractivity contribution in [2.75, 3.05) is 18.1 Å². The fourth-order valence-electron chi connectivity index (χ4n) is 1.96. The van der Waals surface area contributed by atoms with E-state index in [2.05, 4.69) is 20.8 Å². The molecule has 2 rings (SSSR count). The summed E-state index contributed by atoms with van der Waals surface area (Å²) in [5.41, 5.74) is 0. The summed E-state index contributed by atoms with van der Waals surface area (Å²) in [5, 5.41) is 8.94. The Labute approximate surface area is 128 Å². The van der Waals surface area contributed by atoms with Gasteiger partial charge < -0.3 is 5.11 Å². The number of carbonyl (C=O) groups is 1. The third-order valence-electron chi connectivity index (χ3n) is 2.81. The average molecular weight is 371 g/mol. The van der Waals surface area contributed by atoms with Gasteiger partial charge in [0.05, 0.1) is 6.42 Å².